The maximum absolute atomic E-state index is 12.2. The molecule has 1 aromatic carbocycles. The summed E-state index contributed by atoms with van der Waals surface area (Å²) < 4.78 is 1.45. The van der Waals surface area contributed by atoms with Gasteiger partial charge in [0.1, 0.15) is 6.04 Å². The molecule has 0 bridgehead atoms. The Morgan fingerprint density at radius 1 is 1.25 bits per heavy atom. The van der Waals surface area contributed by atoms with E-state index >= 15 is 0 Å². The molecule has 3 heterocycles. The van der Waals surface area contributed by atoms with Crippen LogP contribution in [0.25, 0.3) is 11.4 Å². The first-order valence-electron chi connectivity index (χ1n) is 8.35. The zero-order valence-corrected chi connectivity index (χ0v) is 14.7. The lowest BCUT2D eigenvalue weighted by Crippen LogP contribution is -2.32. The summed E-state index contributed by atoms with van der Waals surface area (Å²) in [4.78, 5) is 31.7. The zero-order chi connectivity index (χ0) is 19.8. The molecular formula is C18H15N7O3. The van der Waals surface area contributed by atoms with E-state index in [1.165, 1.54) is 10.7 Å². The van der Waals surface area contributed by atoms with E-state index in [1.54, 1.807) is 49.6 Å². The Kier molecular flexibility index (Phi) is 4.07. The molecule has 3 N–H and O–H groups in total. The SMILES string of the molecule is CC1=C(C(N)=O)C(c2ccccc2[N+](=O)[O-])n2nc(-c3ccncc3)nc2N1. The van der Waals surface area contributed by atoms with E-state index < -0.39 is 16.9 Å². The molecule has 1 aliphatic heterocycles. The Hall–Kier alpha value is -4.08. The van der Waals surface area contributed by atoms with E-state index in [0.29, 0.717) is 23.0 Å². The van der Waals surface area contributed by atoms with Gasteiger partial charge in [-0.15, -0.1) is 5.10 Å². The highest BCUT2D eigenvalue weighted by atomic mass is 16.6. The smallest absolute Gasteiger partial charge is 0.275 e. The van der Waals surface area contributed by atoms with Crippen LogP contribution in [0.2, 0.25) is 0 Å². The van der Waals surface area contributed by atoms with E-state index in [2.05, 4.69) is 20.4 Å². The molecule has 1 unspecified atom stereocenters. The Morgan fingerprint density at radius 3 is 2.64 bits per heavy atom. The number of carbonyl (C=O) groups excluding carboxylic acids is 1. The molecule has 10 nitrogen and oxygen atoms in total. The second-order valence-electron chi connectivity index (χ2n) is 6.19. The molecule has 1 atom stereocenters. The van der Waals surface area contributed by atoms with Crippen LogP contribution in [0.15, 0.2) is 60.1 Å². The van der Waals surface area contributed by atoms with Crippen molar-refractivity contribution in [2.75, 3.05) is 5.32 Å². The minimum atomic E-state index is -0.876. The lowest BCUT2D eigenvalue weighted by Gasteiger charge is -2.27. The normalized spacial score (nSPS) is 15.7. The number of primary amides is 1. The quantitative estimate of drug-likeness (QED) is 0.523. The third-order valence-electron chi connectivity index (χ3n) is 4.48. The van der Waals surface area contributed by atoms with Crippen molar-refractivity contribution >= 4 is 17.5 Å². The van der Waals surface area contributed by atoms with Gasteiger partial charge in [-0.2, -0.15) is 4.98 Å². The van der Waals surface area contributed by atoms with Gasteiger partial charge in [0.15, 0.2) is 5.82 Å². The number of nitro benzene ring substituents is 1. The monoisotopic (exact) mass is 377 g/mol. The number of carbonyl (C=O) groups is 1. The zero-order valence-electron chi connectivity index (χ0n) is 14.7. The van der Waals surface area contributed by atoms with Crippen molar-refractivity contribution in [3.05, 3.63) is 75.7 Å². The van der Waals surface area contributed by atoms with Crippen LogP contribution in [-0.2, 0) is 4.79 Å². The molecule has 10 heteroatoms. The maximum atomic E-state index is 12.2. The first-order valence-corrected chi connectivity index (χ1v) is 8.35. The Labute approximate surface area is 158 Å². The van der Waals surface area contributed by atoms with Gasteiger partial charge in [0.05, 0.1) is 16.1 Å². The van der Waals surface area contributed by atoms with Gasteiger partial charge in [0, 0.05) is 29.7 Å². The minimum Gasteiger partial charge on any atom is -0.366 e. The van der Waals surface area contributed by atoms with E-state index in [9.17, 15) is 14.9 Å². The Bertz CT molecular complexity index is 1120. The van der Waals surface area contributed by atoms with Crippen molar-refractivity contribution in [3.63, 3.8) is 0 Å². The molecule has 0 radical (unpaired) electrons. The molecule has 1 amide bonds. The van der Waals surface area contributed by atoms with Crippen LogP contribution in [0.4, 0.5) is 11.6 Å². The summed E-state index contributed by atoms with van der Waals surface area (Å²) in [6.07, 6.45) is 3.22. The lowest BCUT2D eigenvalue weighted by atomic mass is 9.94. The number of hydrogen-bond acceptors (Lipinski definition) is 7. The summed E-state index contributed by atoms with van der Waals surface area (Å²) in [5.74, 6) is 0.0595. The number of amides is 1. The minimum absolute atomic E-state index is 0.132. The van der Waals surface area contributed by atoms with Gasteiger partial charge in [0.25, 0.3) is 5.69 Å². The van der Waals surface area contributed by atoms with Crippen LogP contribution in [0.1, 0.15) is 18.5 Å². The van der Waals surface area contributed by atoms with Crippen molar-refractivity contribution < 1.29 is 9.72 Å². The Balaban J connectivity index is 1.95. The summed E-state index contributed by atoms with van der Waals surface area (Å²) in [6.45, 7) is 1.67. The molecule has 0 fully saturated rings. The fourth-order valence-corrected chi connectivity index (χ4v) is 3.27. The van der Waals surface area contributed by atoms with E-state index in [4.69, 9.17) is 5.73 Å². The first kappa shape index (κ1) is 17.3. The van der Waals surface area contributed by atoms with Crippen LogP contribution in [0.3, 0.4) is 0 Å². The molecule has 0 aliphatic carbocycles. The number of nitrogens with two attached hydrogens (primary N) is 1. The number of nitrogens with zero attached hydrogens (tertiary/aromatic N) is 5. The number of anilines is 1. The highest BCUT2D eigenvalue weighted by molar-refractivity contribution is 5.95. The summed E-state index contributed by atoms with van der Waals surface area (Å²) in [5.41, 5.74) is 7.16. The van der Waals surface area contributed by atoms with E-state index in [-0.39, 0.29) is 11.3 Å². The molecule has 0 saturated heterocycles. The van der Waals surface area contributed by atoms with Crippen molar-refractivity contribution in [2.24, 2.45) is 5.73 Å². The summed E-state index contributed by atoms with van der Waals surface area (Å²) in [5, 5.41) is 19.1. The van der Waals surface area contributed by atoms with Crippen molar-refractivity contribution in [1.29, 1.82) is 0 Å². The van der Waals surface area contributed by atoms with Crippen LogP contribution >= 0.6 is 0 Å². The van der Waals surface area contributed by atoms with Gasteiger partial charge < -0.3 is 11.1 Å². The van der Waals surface area contributed by atoms with Crippen molar-refractivity contribution in [3.8, 4) is 11.4 Å². The second kappa shape index (κ2) is 6.58. The second-order valence-corrected chi connectivity index (χ2v) is 6.19. The standard InChI is InChI=1S/C18H15N7O3/c1-10-14(16(19)26)15(12-4-2-3-5-13(12)25(27)28)24-18(21-10)22-17(23-24)11-6-8-20-9-7-11/h2-9,15H,1H3,(H2,19,26)(H,21,22,23). The van der Waals surface area contributed by atoms with Gasteiger partial charge >= 0.3 is 0 Å². The van der Waals surface area contributed by atoms with Crippen molar-refractivity contribution in [1.82, 2.24) is 19.7 Å². The van der Waals surface area contributed by atoms with Gasteiger partial charge in [-0.25, -0.2) is 4.68 Å². The molecule has 0 spiro atoms. The number of hydrogen-bond donors (Lipinski definition) is 2. The Morgan fingerprint density at radius 2 is 1.96 bits per heavy atom. The molecule has 4 rings (SSSR count). The number of benzene rings is 1. The number of nitro groups is 1. The van der Waals surface area contributed by atoms with Gasteiger partial charge in [-0.1, -0.05) is 12.1 Å². The summed E-state index contributed by atoms with van der Waals surface area (Å²) >= 11 is 0. The van der Waals surface area contributed by atoms with Gasteiger partial charge in [0.2, 0.25) is 11.9 Å². The lowest BCUT2D eigenvalue weighted by molar-refractivity contribution is -0.385. The molecular weight excluding hydrogens is 362 g/mol. The number of para-hydroxylation sites is 1. The first-order chi connectivity index (χ1) is 13.5. The van der Waals surface area contributed by atoms with Crippen molar-refractivity contribution in [2.45, 2.75) is 13.0 Å². The third kappa shape index (κ3) is 2.76. The highest BCUT2D eigenvalue weighted by Gasteiger charge is 2.36. The molecule has 2 aromatic heterocycles. The number of aromatic nitrogens is 4. The molecule has 3 aromatic rings. The van der Waals surface area contributed by atoms with Crippen LogP contribution < -0.4 is 11.1 Å². The highest BCUT2D eigenvalue weighted by Crippen LogP contribution is 2.39. The predicted molar refractivity (Wildman–Crippen MR) is 100 cm³/mol. The number of fused-ring (bicyclic) bond motifs is 1. The van der Waals surface area contributed by atoms with E-state index in [1.807, 2.05) is 0 Å². The summed E-state index contributed by atoms with van der Waals surface area (Å²) in [7, 11) is 0. The fourth-order valence-electron chi connectivity index (χ4n) is 3.27. The van der Waals surface area contributed by atoms with Gasteiger partial charge in [-0.05, 0) is 25.1 Å². The third-order valence-corrected chi connectivity index (χ3v) is 4.48. The molecule has 1 aliphatic rings. The number of pyridine rings is 1. The predicted octanol–water partition coefficient (Wildman–Crippen LogP) is 2.02. The van der Waals surface area contributed by atoms with Gasteiger partial charge in [-0.3, -0.25) is 19.9 Å². The topological polar surface area (TPSA) is 142 Å². The van der Waals surface area contributed by atoms with Crippen LogP contribution in [0, 0.1) is 10.1 Å². The molecule has 0 saturated carbocycles. The largest absolute Gasteiger partial charge is 0.366 e. The number of rotatable bonds is 4. The van der Waals surface area contributed by atoms with Crippen LogP contribution in [0.5, 0.6) is 0 Å². The summed E-state index contributed by atoms with van der Waals surface area (Å²) in [6, 6.07) is 8.81. The van der Waals surface area contributed by atoms with E-state index in [0.717, 1.165) is 5.56 Å². The molecule has 140 valence electrons. The molecule has 28 heavy (non-hydrogen) atoms. The fraction of sp³-hybridized carbons (Fsp3) is 0.111. The number of allylic oxidation sites excluding steroid dienone is 1. The maximum Gasteiger partial charge on any atom is 0.275 e. The number of nitrogens with one attached hydrogen (secondary N) is 1. The van der Waals surface area contributed by atoms with Crippen LogP contribution in [-0.4, -0.2) is 30.6 Å². The average molecular weight is 377 g/mol. The average Bonchev–Trinajstić information content (AvgIpc) is 3.11.